The van der Waals surface area contributed by atoms with Gasteiger partial charge in [-0.15, -0.1) is 0 Å². The van der Waals surface area contributed by atoms with Gasteiger partial charge in [-0.05, 0) is 43.2 Å². The van der Waals surface area contributed by atoms with Crippen molar-refractivity contribution in [3.05, 3.63) is 84.4 Å². The standard InChI is InChI=1S/C28H32N2O5S/c1-4-28(5-2)19-23(22-15-9-11-17-25(22)35-28)29-27(31)20-30(36(3,32)33)24-16-10-12-18-26(24)34-21-13-7-6-8-14-21/h6-18,23H,4-5,19-20H2,1-3H3,(H,29,31). The van der Waals surface area contributed by atoms with Gasteiger partial charge in [0, 0.05) is 12.0 Å². The summed E-state index contributed by atoms with van der Waals surface area (Å²) in [6.45, 7) is 3.77. The maximum Gasteiger partial charge on any atom is 0.241 e. The van der Waals surface area contributed by atoms with Crippen molar-refractivity contribution in [3.63, 3.8) is 0 Å². The van der Waals surface area contributed by atoms with Crippen molar-refractivity contribution >= 4 is 21.6 Å². The normalized spacial score (nSPS) is 16.4. The zero-order valence-electron chi connectivity index (χ0n) is 20.8. The Morgan fingerprint density at radius 1 is 1.00 bits per heavy atom. The molecule has 0 spiro atoms. The van der Waals surface area contributed by atoms with Gasteiger partial charge in [0.25, 0.3) is 0 Å². The van der Waals surface area contributed by atoms with E-state index < -0.39 is 15.9 Å². The van der Waals surface area contributed by atoms with E-state index in [9.17, 15) is 13.2 Å². The quantitative estimate of drug-likeness (QED) is 0.416. The number of anilines is 1. The van der Waals surface area contributed by atoms with Crippen LogP contribution in [0, 0.1) is 0 Å². The Morgan fingerprint density at radius 3 is 2.33 bits per heavy atom. The Kier molecular flexibility index (Phi) is 7.54. The molecule has 7 nitrogen and oxygen atoms in total. The number of rotatable bonds is 9. The fraction of sp³-hybridized carbons (Fsp3) is 0.321. The zero-order valence-corrected chi connectivity index (χ0v) is 21.6. The van der Waals surface area contributed by atoms with Gasteiger partial charge in [-0.25, -0.2) is 8.42 Å². The number of para-hydroxylation sites is 4. The van der Waals surface area contributed by atoms with Gasteiger partial charge in [0.1, 0.15) is 23.6 Å². The molecule has 0 aliphatic carbocycles. The van der Waals surface area contributed by atoms with Crippen LogP contribution >= 0.6 is 0 Å². The number of nitrogens with one attached hydrogen (secondary N) is 1. The maximum atomic E-state index is 13.3. The molecular formula is C28H32N2O5S. The van der Waals surface area contributed by atoms with Crippen molar-refractivity contribution in [2.75, 3.05) is 17.1 Å². The van der Waals surface area contributed by atoms with E-state index in [4.69, 9.17) is 9.47 Å². The van der Waals surface area contributed by atoms with Crippen LogP contribution in [-0.2, 0) is 14.8 Å². The van der Waals surface area contributed by atoms with Gasteiger partial charge >= 0.3 is 0 Å². The fourth-order valence-electron chi connectivity index (χ4n) is 4.55. The molecule has 1 atom stereocenters. The number of hydrogen-bond acceptors (Lipinski definition) is 5. The van der Waals surface area contributed by atoms with Gasteiger partial charge in [-0.2, -0.15) is 0 Å². The Bertz CT molecular complexity index is 1310. The molecule has 190 valence electrons. The van der Waals surface area contributed by atoms with Gasteiger partial charge in [-0.1, -0.05) is 62.4 Å². The van der Waals surface area contributed by atoms with Gasteiger partial charge in [-0.3, -0.25) is 9.10 Å². The predicted molar refractivity (Wildman–Crippen MR) is 141 cm³/mol. The second-order valence-corrected chi connectivity index (χ2v) is 10.9. The van der Waals surface area contributed by atoms with Gasteiger partial charge < -0.3 is 14.8 Å². The highest BCUT2D eigenvalue weighted by atomic mass is 32.2. The minimum atomic E-state index is -3.79. The van der Waals surface area contributed by atoms with E-state index in [1.54, 1.807) is 36.4 Å². The smallest absolute Gasteiger partial charge is 0.241 e. The van der Waals surface area contributed by atoms with Crippen molar-refractivity contribution < 1.29 is 22.7 Å². The number of sulfonamides is 1. The SMILES string of the molecule is CCC1(CC)CC(NC(=O)CN(c2ccccc2Oc2ccccc2)S(C)(=O)=O)c2ccccc2O1. The third-order valence-corrected chi connectivity index (χ3v) is 7.74. The summed E-state index contributed by atoms with van der Waals surface area (Å²) in [5.74, 6) is 1.25. The summed E-state index contributed by atoms with van der Waals surface area (Å²) in [5.41, 5.74) is 0.795. The van der Waals surface area contributed by atoms with Crippen molar-refractivity contribution in [3.8, 4) is 17.2 Å². The number of carbonyl (C=O) groups excluding carboxylic acids is 1. The highest BCUT2D eigenvalue weighted by Crippen LogP contribution is 2.42. The van der Waals surface area contributed by atoms with E-state index in [2.05, 4.69) is 19.2 Å². The third-order valence-electron chi connectivity index (χ3n) is 6.61. The molecule has 1 N–H and O–H groups in total. The van der Waals surface area contributed by atoms with Crippen molar-refractivity contribution in [2.45, 2.75) is 44.8 Å². The van der Waals surface area contributed by atoms with Crippen LogP contribution in [0.15, 0.2) is 78.9 Å². The lowest BCUT2D eigenvalue weighted by Crippen LogP contribution is -2.47. The third kappa shape index (κ3) is 5.65. The lowest BCUT2D eigenvalue weighted by molar-refractivity contribution is -0.121. The van der Waals surface area contributed by atoms with Crippen LogP contribution in [-0.4, -0.2) is 32.7 Å². The van der Waals surface area contributed by atoms with Crippen molar-refractivity contribution in [2.24, 2.45) is 0 Å². The van der Waals surface area contributed by atoms with Crippen molar-refractivity contribution in [1.29, 1.82) is 0 Å². The van der Waals surface area contributed by atoms with Crippen LogP contribution in [0.2, 0.25) is 0 Å². The number of carbonyl (C=O) groups is 1. The first kappa shape index (κ1) is 25.6. The van der Waals surface area contributed by atoms with E-state index in [0.29, 0.717) is 23.6 Å². The van der Waals surface area contributed by atoms with Crippen LogP contribution < -0.4 is 19.1 Å². The Balaban J connectivity index is 1.60. The van der Waals surface area contributed by atoms with E-state index in [-0.39, 0.29) is 18.2 Å². The summed E-state index contributed by atoms with van der Waals surface area (Å²) >= 11 is 0. The zero-order chi connectivity index (χ0) is 25.8. The van der Waals surface area contributed by atoms with E-state index in [0.717, 1.165) is 34.7 Å². The molecule has 1 heterocycles. The highest BCUT2D eigenvalue weighted by molar-refractivity contribution is 7.92. The monoisotopic (exact) mass is 508 g/mol. The van der Waals surface area contributed by atoms with Gasteiger partial charge in [0.15, 0.2) is 5.75 Å². The lowest BCUT2D eigenvalue weighted by Gasteiger charge is -2.41. The second kappa shape index (κ2) is 10.6. The molecule has 36 heavy (non-hydrogen) atoms. The molecule has 0 bridgehead atoms. The molecule has 4 rings (SSSR count). The van der Waals surface area contributed by atoms with Crippen LogP contribution in [0.1, 0.15) is 44.7 Å². The molecule has 0 saturated heterocycles. The van der Waals surface area contributed by atoms with Gasteiger partial charge in [0.2, 0.25) is 15.9 Å². The predicted octanol–water partition coefficient (Wildman–Crippen LogP) is 5.44. The molecule has 1 aliphatic heterocycles. The van der Waals surface area contributed by atoms with Gasteiger partial charge in [0.05, 0.1) is 18.0 Å². The highest BCUT2D eigenvalue weighted by Gasteiger charge is 2.39. The molecule has 0 fully saturated rings. The molecule has 8 heteroatoms. The summed E-state index contributed by atoms with van der Waals surface area (Å²) < 4.78 is 39.0. The minimum Gasteiger partial charge on any atom is -0.487 e. The summed E-state index contributed by atoms with van der Waals surface area (Å²) in [5, 5.41) is 3.07. The number of ether oxygens (including phenoxy) is 2. The molecule has 1 amide bonds. The molecule has 1 unspecified atom stereocenters. The van der Waals surface area contributed by atoms with E-state index in [1.165, 1.54) is 0 Å². The summed E-state index contributed by atoms with van der Waals surface area (Å²) in [7, 11) is -3.79. The molecule has 0 saturated carbocycles. The molecule has 3 aromatic carbocycles. The van der Waals surface area contributed by atoms with E-state index >= 15 is 0 Å². The Morgan fingerprint density at radius 2 is 1.64 bits per heavy atom. The molecule has 0 aromatic heterocycles. The van der Waals surface area contributed by atoms with Crippen LogP contribution in [0.4, 0.5) is 5.69 Å². The minimum absolute atomic E-state index is 0.292. The topological polar surface area (TPSA) is 84.9 Å². The number of nitrogens with zero attached hydrogens (tertiary/aromatic N) is 1. The number of fused-ring (bicyclic) bond motifs is 1. The van der Waals surface area contributed by atoms with Crippen LogP contribution in [0.3, 0.4) is 0 Å². The maximum absolute atomic E-state index is 13.3. The molecule has 1 aliphatic rings. The first-order valence-corrected chi connectivity index (χ1v) is 14.0. The largest absolute Gasteiger partial charge is 0.487 e. The van der Waals surface area contributed by atoms with Crippen LogP contribution in [0.5, 0.6) is 17.2 Å². The molecule has 0 radical (unpaired) electrons. The lowest BCUT2D eigenvalue weighted by atomic mass is 9.83. The Labute approximate surface area is 213 Å². The van der Waals surface area contributed by atoms with Crippen molar-refractivity contribution in [1.82, 2.24) is 5.32 Å². The number of hydrogen-bond donors (Lipinski definition) is 1. The first-order valence-electron chi connectivity index (χ1n) is 12.1. The number of amides is 1. The fourth-order valence-corrected chi connectivity index (χ4v) is 5.41. The van der Waals surface area contributed by atoms with E-state index in [1.807, 2.05) is 42.5 Å². The molecular weight excluding hydrogens is 476 g/mol. The summed E-state index contributed by atoms with van der Waals surface area (Å²) in [6, 6.07) is 23.3. The summed E-state index contributed by atoms with van der Waals surface area (Å²) in [4.78, 5) is 13.3. The number of benzene rings is 3. The first-order chi connectivity index (χ1) is 17.2. The summed E-state index contributed by atoms with van der Waals surface area (Å²) in [6.07, 6.45) is 3.28. The molecule has 3 aromatic rings. The average molecular weight is 509 g/mol. The second-order valence-electron chi connectivity index (χ2n) is 9.01. The Hall–Kier alpha value is -3.52. The van der Waals surface area contributed by atoms with Crippen LogP contribution in [0.25, 0.3) is 0 Å². The average Bonchev–Trinajstić information content (AvgIpc) is 2.87.